The Labute approximate surface area is 176 Å². The van der Waals surface area contributed by atoms with Crippen LogP contribution in [0.2, 0.25) is 0 Å². The van der Waals surface area contributed by atoms with Gasteiger partial charge in [-0.25, -0.2) is 0 Å². The number of ether oxygens (including phenoxy) is 3. The first-order valence-corrected chi connectivity index (χ1v) is 10.2. The summed E-state index contributed by atoms with van der Waals surface area (Å²) in [7, 11) is 0. The quantitative estimate of drug-likeness (QED) is 0.640. The van der Waals surface area contributed by atoms with E-state index in [2.05, 4.69) is 0 Å². The van der Waals surface area contributed by atoms with Crippen molar-refractivity contribution in [3.05, 3.63) is 54.1 Å². The molecule has 2 amide bonds. The van der Waals surface area contributed by atoms with Crippen LogP contribution in [-0.4, -0.2) is 49.6 Å². The van der Waals surface area contributed by atoms with E-state index in [1.54, 1.807) is 23.1 Å². The Kier molecular flexibility index (Phi) is 7.54. The van der Waals surface area contributed by atoms with Crippen molar-refractivity contribution in [2.45, 2.75) is 19.8 Å². The minimum Gasteiger partial charge on any atom is -0.490 e. The second-order valence-electron chi connectivity index (χ2n) is 7.07. The monoisotopic (exact) mass is 412 g/mol. The highest BCUT2D eigenvalue weighted by Crippen LogP contribution is 2.30. The number of piperidine rings is 1. The summed E-state index contributed by atoms with van der Waals surface area (Å²) in [6.07, 6.45) is 1.20. The fourth-order valence-corrected chi connectivity index (χ4v) is 3.41. The maximum atomic E-state index is 12.9. The van der Waals surface area contributed by atoms with E-state index < -0.39 is 0 Å². The van der Waals surface area contributed by atoms with E-state index in [9.17, 15) is 9.59 Å². The number of nitrogens with two attached hydrogens (primary N) is 1. The summed E-state index contributed by atoms with van der Waals surface area (Å²) in [6.45, 7) is 4.12. The van der Waals surface area contributed by atoms with E-state index >= 15 is 0 Å². The number of carbonyl (C=O) groups excluding carboxylic acids is 2. The van der Waals surface area contributed by atoms with Crippen LogP contribution < -0.4 is 19.9 Å². The Morgan fingerprint density at radius 1 is 0.967 bits per heavy atom. The number of benzene rings is 2. The molecule has 1 aliphatic rings. The molecule has 2 aromatic carbocycles. The molecular formula is C23H28N2O5. The van der Waals surface area contributed by atoms with Crippen molar-refractivity contribution in [1.29, 1.82) is 0 Å². The van der Waals surface area contributed by atoms with Crippen molar-refractivity contribution in [3.63, 3.8) is 0 Å². The van der Waals surface area contributed by atoms with Crippen LogP contribution in [-0.2, 0) is 4.79 Å². The molecule has 1 fully saturated rings. The zero-order valence-corrected chi connectivity index (χ0v) is 17.2. The lowest BCUT2D eigenvalue weighted by atomic mass is 9.96. The first-order chi connectivity index (χ1) is 14.6. The van der Waals surface area contributed by atoms with E-state index in [0.717, 1.165) is 5.75 Å². The Morgan fingerprint density at radius 3 is 2.33 bits per heavy atom. The molecule has 3 rings (SSSR count). The first-order valence-electron chi connectivity index (χ1n) is 10.2. The minimum absolute atomic E-state index is 0.0853. The second kappa shape index (κ2) is 10.5. The number of para-hydroxylation sites is 1. The minimum atomic E-state index is -0.293. The molecule has 0 aliphatic carbocycles. The van der Waals surface area contributed by atoms with Crippen LogP contribution in [0.15, 0.2) is 48.5 Å². The molecule has 1 aliphatic heterocycles. The molecular weight excluding hydrogens is 384 g/mol. The van der Waals surface area contributed by atoms with Gasteiger partial charge in [0, 0.05) is 24.6 Å². The summed E-state index contributed by atoms with van der Waals surface area (Å²) >= 11 is 0. The molecule has 0 unspecified atom stereocenters. The van der Waals surface area contributed by atoms with Gasteiger partial charge >= 0.3 is 0 Å². The van der Waals surface area contributed by atoms with Gasteiger partial charge in [-0.05, 0) is 50.1 Å². The number of rotatable bonds is 9. The number of nitrogens with zero attached hydrogens (tertiary/aromatic N) is 1. The lowest BCUT2D eigenvalue weighted by molar-refractivity contribution is -0.123. The van der Waals surface area contributed by atoms with Crippen LogP contribution in [0.3, 0.4) is 0 Å². The van der Waals surface area contributed by atoms with Crippen LogP contribution >= 0.6 is 0 Å². The van der Waals surface area contributed by atoms with Crippen LogP contribution in [0.5, 0.6) is 17.2 Å². The maximum Gasteiger partial charge on any atom is 0.253 e. The Hall–Kier alpha value is -3.22. The molecule has 0 saturated carbocycles. The summed E-state index contributed by atoms with van der Waals surface area (Å²) in [4.78, 5) is 25.9. The molecule has 0 spiro atoms. The third-order valence-electron chi connectivity index (χ3n) is 5.03. The standard InChI is InChI=1S/C23H28N2O5/c1-2-28-21-16-18(23(27)25-12-10-17(11-13-25)22(24)26)8-9-20(21)30-15-14-29-19-6-4-3-5-7-19/h3-9,16-17H,2,10-15H2,1H3,(H2,24,26). The molecule has 0 aromatic heterocycles. The highest BCUT2D eigenvalue weighted by atomic mass is 16.5. The first kappa shape index (κ1) is 21.5. The van der Waals surface area contributed by atoms with Gasteiger partial charge in [-0.2, -0.15) is 0 Å². The second-order valence-corrected chi connectivity index (χ2v) is 7.07. The SMILES string of the molecule is CCOc1cc(C(=O)N2CCC(C(N)=O)CC2)ccc1OCCOc1ccccc1. The lowest BCUT2D eigenvalue weighted by Gasteiger charge is -2.30. The molecule has 0 bridgehead atoms. The summed E-state index contributed by atoms with van der Waals surface area (Å²) < 4.78 is 17.1. The predicted molar refractivity (Wildman–Crippen MR) is 113 cm³/mol. The number of carbonyl (C=O) groups is 2. The van der Waals surface area contributed by atoms with Crippen molar-refractivity contribution >= 4 is 11.8 Å². The maximum absolute atomic E-state index is 12.9. The van der Waals surface area contributed by atoms with E-state index in [4.69, 9.17) is 19.9 Å². The predicted octanol–water partition coefficient (Wildman–Crippen LogP) is 2.88. The third kappa shape index (κ3) is 5.65. The Bertz CT molecular complexity index is 848. The van der Waals surface area contributed by atoms with Crippen LogP contribution in [0.4, 0.5) is 0 Å². The average Bonchev–Trinajstić information content (AvgIpc) is 2.78. The van der Waals surface area contributed by atoms with Crippen LogP contribution in [0, 0.1) is 5.92 Å². The van der Waals surface area contributed by atoms with Gasteiger partial charge in [0.05, 0.1) is 6.61 Å². The molecule has 2 N–H and O–H groups in total. The number of hydrogen-bond donors (Lipinski definition) is 1. The van der Waals surface area contributed by atoms with Gasteiger partial charge in [-0.1, -0.05) is 18.2 Å². The smallest absolute Gasteiger partial charge is 0.253 e. The fourth-order valence-electron chi connectivity index (χ4n) is 3.41. The fraction of sp³-hybridized carbons (Fsp3) is 0.391. The Balaban J connectivity index is 1.58. The van der Waals surface area contributed by atoms with Crippen LogP contribution in [0.25, 0.3) is 0 Å². The molecule has 160 valence electrons. The lowest BCUT2D eigenvalue weighted by Crippen LogP contribution is -2.41. The molecule has 1 heterocycles. The normalized spacial score (nSPS) is 14.2. The third-order valence-corrected chi connectivity index (χ3v) is 5.03. The van der Waals surface area contributed by atoms with Gasteiger partial charge in [-0.3, -0.25) is 9.59 Å². The molecule has 0 atom stereocenters. The topological polar surface area (TPSA) is 91.1 Å². The van der Waals surface area contributed by atoms with E-state index in [1.165, 1.54) is 0 Å². The Morgan fingerprint density at radius 2 is 1.67 bits per heavy atom. The van der Waals surface area contributed by atoms with Gasteiger partial charge in [-0.15, -0.1) is 0 Å². The summed E-state index contributed by atoms with van der Waals surface area (Å²) in [5, 5.41) is 0. The summed E-state index contributed by atoms with van der Waals surface area (Å²) in [5.41, 5.74) is 5.90. The highest BCUT2D eigenvalue weighted by Gasteiger charge is 2.27. The van der Waals surface area contributed by atoms with Gasteiger partial charge in [0.25, 0.3) is 5.91 Å². The molecule has 7 heteroatoms. The average molecular weight is 412 g/mol. The van der Waals surface area contributed by atoms with Crippen LogP contribution in [0.1, 0.15) is 30.1 Å². The number of primary amides is 1. The van der Waals surface area contributed by atoms with Crippen molar-refractivity contribution in [2.24, 2.45) is 11.7 Å². The zero-order valence-electron chi connectivity index (χ0n) is 17.2. The zero-order chi connectivity index (χ0) is 21.3. The summed E-state index contributed by atoms with van der Waals surface area (Å²) in [6, 6.07) is 14.7. The van der Waals surface area contributed by atoms with E-state index in [0.29, 0.717) is 62.8 Å². The van der Waals surface area contributed by atoms with E-state index in [1.807, 2.05) is 37.3 Å². The molecule has 7 nitrogen and oxygen atoms in total. The molecule has 0 radical (unpaired) electrons. The molecule has 2 aromatic rings. The highest BCUT2D eigenvalue weighted by molar-refractivity contribution is 5.95. The van der Waals surface area contributed by atoms with E-state index in [-0.39, 0.29) is 17.7 Å². The number of likely N-dealkylation sites (tertiary alicyclic amines) is 1. The number of amides is 2. The van der Waals surface area contributed by atoms with Crippen molar-refractivity contribution < 1.29 is 23.8 Å². The molecule has 1 saturated heterocycles. The van der Waals surface area contributed by atoms with Gasteiger partial charge in [0.2, 0.25) is 5.91 Å². The largest absolute Gasteiger partial charge is 0.490 e. The van der Waals surface area contributed by atoms with Gasteiger partial charge in [0.1, 0.15) is 19.0 Å². The number of hydrogen-bond acceptors (Lipinski definition) is 5. The van der Waals surface area contributed by atoms with Crippen molar-refractivity contribution in [3.8, 4) is 17.2 Å². The van der Waals surface area contributed by atoms with Gasteiger partial charge < -0.3 is 24.8 Å². The molecule has 30 heavy (non-hydrogen) atoms. The summed E-state index contributed by atoms with van der Waals surface area (Å²) in [5.74, 6) is 1.35. The van der Waals surface area contributed by atoms with Crippen molar-refractivity contribution in [1.82, 2.24) is 4.90 Å². The van der Waals surface area contributed by atoms with Crippen molar-refractivity contribution in [2.75, 3.05) is 32.9 Å². The van der Waals surface area contributed by atoms with Gasteiger partial charge in [0.15, 0.2) is 11.5 Å².